The predicted octanol–water partition coefficient (Wildman–Crippen LogP) is 1.89. The first-order valence-electron chi connectivity index (χ1n) is 8.01. The lowest BCUT2D eigenvalue weighted by Crippen LogP contribution is -2.52. The van der Waals surface area contributed by atoms with Crippen molar-refractivity contribution >= 4 is 15.9 Å². The zero-order valence-electron chi connectivity index (χ0n) is 13.4. The standard InChI is InChI=1S/C15H28N2O3S/c1-15(2,3)14(18)17-10-6-9-13(11-17)21(19,20)16-12-7-4-5-8-12/h12-13,16H,4-11H2,1-3H3. The van der Waals surface area contributed by atoms with Crippen molar-refractivity contribution in [3.63, 3.8) is 0 Å². The molecule has 2 rings (SSSR count). The summed E-state index contributed by atoms with van der Waals surface area (Å²) in [5, 5.41) is -0.460. The second-order valence-electron chi connectivity index (χ2n) is 7.41. The summed E-state index contributed by atoms with van der Waals surface area (Å²) in [5.74, 6) is 0.0447. The van der Waals surface area contributed by atoms with Crippen LogP contribution in [0.1, 0.15) is 59.3 Å². The second-order valence-corrected chi connectivity index (χ2v) is 9.40. The van der Waals surface area contributed by atoms with Crippen molar-refractivity contribution in [3.05, 3.63) is 0 Å². The maximum absolute atomic E-state index is 12.5. The van der Waals surface area contributed by atoms with Crippen molar-refractivity contribution in [2.24, 2.45) is 5.41 Å². The smallest absolute Gasteiger partial charge is 0.227 e. The summed E-state index contributed by atoms with van der Waals surface area (Å²) in [6, 6.07) is 0.101. The van der Waals surface area contributed by atoms with E-state index in [2.05, 4.69) is 4.72 Å². The lowest BCUT2D eigenvalue weighted by molar-refractivity contribution is -0.140. The summed E-state index contributed by atoms with van der Waals surface area (Å²) in [4.78, 5) is 14.1. The Bertz CT molecular complexity index is 476. The van der Waals surface area contributed by atoms with E-state index in [9.17, 15) is 13.2 Å². The Hall–Kier alpha value is -0.620. The first-order valence-corrected chi connectivity index (χ1v) is 9.55. The van der Waals surface area contributed by atoms with Gasteiger partial charge in [0.2, 0.25) is 15.9 Å². The van der Waals surface area contributed by atoms with E-state index in [1.165, 1.54) is 0 Å². The van der Waals surface area contributed by atoms with Crippen LogP contribution in [-0.2, 0) is 14.8 Å². The van der Waals surface area contributed by atoms with E-state index in [4.69, 9.17) is 0 Å². The molecule has 2 aliphatic rings. The van der Waals surface area contributed by atoms with Gasteiger partial charge in [0, 0.05) is 24.5 Å². The fourth-order valence-corrected chi connectivity index (χ4v) is 4.97. The molecule has 1 aliphatic carbocycles. The van der Waals surface area contributed by atoms with E-state index in [1.54, 1.807) is 4.90 Å². The molecule has 0 radical (unpaired) electrons. The summed E-state index contributed by atoms with van der Waals surface area (Å²) in [6.07, 6.45) is 5.50. The van der Waals surface area contributed by atoms with Crippen molar-refractivity contribution in [2.45, 2.75) is 70.6 Å². The van der Waals surface area contributed by atoms with Gasteiger partial charge in [0.25, 0.3) is 0 Å². The number of sulfonamides is 1. The Balaban J connectivity index is 2.01. The molecule has 0 aromatic rings. The average Bonchev–Trinajstić information content (AvgIpc) is 2.89. The third-order valence-electron chi connectivity index (χ3n) is 4.43. The summed E-state index contributed by atoms with van der Waals surface area (Å²) >= 11 is 0. The molecule has 1 heterocycles. The number of piperidine rings is 1. The number of rotatable bonds is 3. The van der Waals surface area contributed by atoms with Gasteiger partial charge < -0.3 is 4.90 Å². The predicted molar refractivity (Wildman–Crippen MR) is 83.4 cm³/mol. The molecule has 0 spiro atoms. The Kier molecular flexibility index (Phi) is 4.98. The number of amides is 1. The molecule has 21 heavy (non-hydrogen) atoms. The zero-order chi connectivity index (χ0) is 15.7. The maximum Gasteiger partial charge on any atom is 0.227 e. The number of hydrogen-bond donors (Lipinski definition) is 1. The number of likely N-dealkylation sites (tertiary alicyclic amines) is 1. The molecule has 0 aromatic carbocycles. The summed E-state index contributed by atoms with van der Waals surface area (Å²) < 4.78 is 27.9. The van der Waals surface area contributed by atoms with Crippen LogP contribution in [0.4, 0.5) is 0 Å². The van der Waals surface area contributed by atoms with Gasteiger partial charge >= 0.3 is 0 Å². The molecule has 1 unspecified atom stereocenters. The Morgan fingerprint density at radius 1 is 1.10 bits per heavy atom. The van der Waals surface area contributed by atoms with E-state index in [-0.39, 0.29) is 11.9 Å². The monoisotopic (exact) mass is 316 g/mol. The van der Waals surface area contributed by atoms with E-state index in [1.807, 2.05) is 20.8 Å². The van der Waals surface area contributed by atoms with Gasteiger partial charge in [-0.3, -0.25) is 4.79 Å². The highest BCUT2D eigenvalue weighted by molar-refractivity contribution is 7.90. The molecule has 0 bridgehead atoms. The molecule has 1 amide bonds. The molecule has 1 saturated carbocycles. The number of nitrogens with zero attached hydrogens (tertiary/aromatic N) is 1. The van der Waals surface area contributed by atoms with Gasteiger partial charge in [0.1, 0.15) is 0 Å². The van der Waals surface area contributed by atoms with Crippen molar-refractivity contribution in [2.75, 3.05) is 13.1 Å². The molecule has 6 heteroatoms. The number of hydrogen-bond acceptors (Lipinski definition) is 3. The minimum atomic E-state index is -3.32. The fraction of sp³-hybridized carbons (Fsp3) is 0.933. The van der Waals surface area contributed by atoms with Gasteiger partial charge in [0.05, 0.1) is 5.25 Å². The van der Waals surface area contributed by atoms with E-state index >= 15 is 0 Å². The Morgan fingerprint density at radius 3 is 2.29 bits per heavy atom. The minimum Gasteiger partial charge on any atom is -0.341 e. The third kappa shape index (κ3) is 4.19. The van der Waals surface area contributed by atoms with Crippen LogP contribution < -0.4 is 4.72 Å². The lowest BCUT2D eigenvalue weighted by Gasteiger charge is -2.36. The largest absolute Gasteiger partial charge is 0.341 e. The molecular weight excluding hydrogens is 288 g/mol. The van der Waals surface area contributed by atoms with E-state index in [0.717, 1.165) is 32.1 Å². The first kappa shape index (κ1) is 16.7. The molecule has 122 valence electrons. The molecule has 1 aliphatic heterocycles. The molecular formula is C15H28N2O3S. The number of carbonyl (C=O) groups is 1. The minimum absolute atomic E-state index is 0.0447. The van der Waals surface area contributed by atoms with Crippen molar-refractivity contribution in [1.82, 2.24) is 9.62 Å². The quantitative estimate of drug-likeness (QED) is 0.864. The van der Waals surface area contributed by atoms with Gasteiger partial charge in [-0.05, 0) is 25.7 Å². The zero-order valence-corrected chi connectivity index (χ0v) is 14.2. The Labute approximate surface area is 128 Å². The van der Waals surface area contributed by atoms with Crippen LogP contribution in [0.2, 0.25) is 0 Å². The topological polar surface area (TPSA) is 66.5 Å². The third-order valence-corrected chi connectivity index (χ3v) is 6.36. The highest BCUT2D eigenvalue weighted by Crippen LogP contribution is 2.25. The van der Waals surface area contributed by atoms with Crippen LogP contribution in [0.3, 0.4) is 0 Å². The number of carbonyl (C=O) groups excluding carboxylic acids is 1. The van der Waals surface area contributed by atoms with Crippen LogP contribution in [0.5, 0.6) is 0 Å². The first-order chi connectivity index (χ1) is 9.70. The van der Waals surface area contributed by atoms with Crippen LogP contribution in [0.15, 0.2) is 0 Å². The Morgan fingerprint density at radius 2 is 1.71 bits per heavy atom. The highest BCUT2D eigenvalue weighted by atomic mass is 32.2. The number of nitrogens with one attached hydrogen (secondary N) is 1. The molecule has 1 atom stereocenters. The lowest BCUT2D eigenvalue weighted by atomic mass is 9.93. The molecule has 2 fully saturated rings. The van der Waals surface area contributed by atoms with Crippen LogP contribution in [-0.4, -0.2) is 43.6 Å². The van der Waals surface area contributed by atoms with Crippen LogP contribution in [0.25, 0.3) is 0 Å². The van der Waals surface area contributed by atoms with Gasteiger partial charge in [-0.1, -0.05) is 33.6 Å². The normalized spacial score (nSPS) is 25.3. The molecule has 1 saturated heterocycles. The summed E-state index contributed by atoms with van der Waals surface area (Å²) in [6.45, 7) is 6.64. The van der Waals surface area contributed by atoms with Gasteiger partial charge in [-0.15, -0.1) is 0 Å². The van der Waals surface area contributed by atoms with Crippen LogP contribution in [0, 0.1) is 5.41 Å². The van der Waals surface area contributed by atoms with Crippen molar-refractivity contribution < 1.29 is 13.2 Å². The SMILES string of the molecule is CC(C)(C)C(=O)N1CCCC(S(=O)(=O)NC2CCCC2)C1. The average molecular weight is 316 g/mol. The molecule has 5 nitrogen and oxygen atoms in total. The molecule has 0 aromatic heterocycles. The van der Waals surface area contributed by atoms with Crippen LogP contribution >= 0.6 is 0 Å². The van der Waals surface area contributed by atoms with Gasteiger partial charge in [0.15, 0.2) is 0 Å². The van der Waals surface area contributed by atoms with Crippen molar-refractivity contribution in [1.29, 1.82) is 0 Å². The summed E-state index contributed by atoms with van der Waals surface area (Å²) in [5.41, 5.74) is -0.454. The maximum atomic E-state index is 12.5. The molecule has 1 N–H and O–H groups in total. The van der Waals surface area contributed by atoms with Gasteiger partial charge in [-0.2, -0.15) is 0 Å². The summed E-state index contributed by atoms with van der Waals surface area (Å²) in [7, 11) is -3.32. The van der Waals surface area contributed by atoms with Crippen molar-refractivity contribution in [3.8, 4) is 0 Å². The fourth-order valence-electron chi connectivity index (χ4n) is 3.22. The van der Waals surface area contributed by atoms with Gasteiger partial charge in [-0.25, -0.2) is 13.1 Å². The second kappa shape index (κ2) is 6.24. The highest BCUT2D eigenvalue weighted by Gasteiger charge is 2.37. The van der Waals surface area contributed by atoms with E-state index < -0.39 is 20.7 Å². The van der Waals surface area contributed by atoms with E-state index in [0.29, 0.717) is 19.5 Å².